The highest BCUT2D eigenvalue weighted by Gasteiger charge is 2.47. The average molecular weight is 786 g/mol. The maximum Gasteiger partial charge on any atom is 0.0710 e. The van der Waals surface area contributed by atoms with Crippen LogP contribution < -0.4 is 4.90 Å². The van der Waals surface area contributed by atoms with Crippen molar-refractivity contribution in [3.63, 3.8) is 0 Å². The molecule has 1 unspecified atom stereocenters. The molecule has 0 amide bonds. The van der Waals surface area contributed by atoms with Gasteiger partial charge in [-0.3, -0.25) is 0 Å². The quantitative estimate of drug-likeness (QED) is 0.156. The molecule has 61 heavy (non-hydrogen) atoms. The lowest BCUT2D eigenvalue weighted by Crippen LogP contribution is -2.29. The number of hydrogen-bond donors (Lipinski definition) is 0. The van der Waals surface area contributed by atoms with Gasteiger partial charge in [-0.2, -0.15) is 0 Å². The Balaban J connectivity index is 0.00000220. The highest BCUT2D eigenvalue weighted by atomic mass is 15.1. The Bertz CT molecular complexity index is 2910. The van der Waals surface area contributed by atoms with Crippen LogP contribution in [0.25, 0.3) is 39.0 Å². The van der Waals surface area contributed by atoms with Crippen LogP contribution >= 0.6 is 0 Å². The van der Waals surface area contributed by atoms with Crippen LogP contribution in [0.4, 0.5) is 17.1 Å². The van der Waals surface area contributed by atoms with Gasteiger partial charge in [-0.1, -0.05) is 198 Å². The summed E-state index contributed by atoms with van der Waals surface area (Å²) in [5.74, 6) is 0. The molecule has 0 aromatic heterocycles. The van der Waals surface area contributed by atoms with Gasteiger partial charge in [0.2, 0.25) is 0 Å². The number of nitrogens with zero attached hydrogens (tertiary/aromatic N) is 1. The fourth-order valence-corrected chi connectivity index (χ4v) is 10.4. The van der Waals surface area contributed by atoms with Crippen LogP contribution in [0.5, 0.6) is 0 Å². The van der Waals surface area contributed by atoms with Crippen molar-refractivity contribution in [3.05, 3.63) is 251 Å². The smallest absolute Gasteiger partial charge is 0.0710 e. The third kappa shape index (κ3) is 6.22. The van der Waals surface area contributed by atoms with Crippen molar-refractivity contribution >= 4 is 22.6 Å². The molecule has 0 fully saturated rings. The van der Waals surface area contributed by atoms with E-state index in [4.69, 9.17) is 0 Å². The van der Waals surface area contributed by atoms with Crippen molar-refractivity contribution in [1.29, 1.82) is 0 Å². The fraction of sp³-hybridized carbons (Fsp3) is 0.133. The molecule has 8 aromatic rings. The minimum absolute atomic E-state index is 0.0267. The van der Waals surface area contributed by atoms with Crippen LogP contribution in [0.3, 0.4) is 0 Å². The van der Waals surface area contributed by atoms with E-state index in [0.717, 1.165) is 29.9 Å². The molecular weight excluding hydrogens is 735 g/mol. The molecule has 11 rings (SSSR count). The van der Waals surface area contributed by atoms with E-state index in [1.807, 2.05) is 13.8 Å². The van der Waals surface area contributed by atoms with E-state index in [-0.39, 0.29) is 10.8 Å². The molecule has 296 valence electrons. The van der Waals surface area contributed by atoms with Gasteiger partial charge in [0, 0.05) is 22.5 Å². The second-order valence-corrected chi connectivity index (χ2v) is 16.8. The summed E-state index contributed by atoms with van der Waals surface area (Å²) in [5.41, 5.74) is 21.7. The second-order valence-electron chi connectivity index (χ2n) is 16.8. The van der Waals surface area contributed by atoms with Gasteiger partial charge in [-0.05, 0) is 133 Å². The molecule has 0 N–H and O–H groups in total. The molecule has 0 bridgehead atoms. The largest absolute Gasteiger partial charge is 0.311 e. The van der Waals surface area contributed by atoms with Crippen molar-refractivity contribution in [1.82, 2.24) is 0 Å². The van der Waals surface area contributed by atoms with Crippen LogP contribution in [0.2, 0.25) is 0 Å². The number of fused-ring (bicyclic) bond motifs is 5. The third-order valence-electron chi connectivity index (χ3n) is 13.3. The maximum absolute atomic E-state index is 2.40. The van der Waals surface area contributed by atoms with Crippen molar-refractivity contribution in [3.8, 4) is 33.4 Å². The molecule has 1 atom stereocenters. The third-order valence-corrected chi connectivity index (χ3v) is 13.3. The minimum Gasteiger partial charge on any atom is -0.311 e. The van der Waals surface area contributed by atoms with Gasteiger partial charge in [0.05, 0.1) is 5.41 Å². The van der Waals surface area contributed by atoms with E-state index in [9.17, 15) is 0 Å². The number of anilines is 3. The van der Waals surface area contributed by atoms with Gasteiger partial charge < -0.3 is 4.90 Å². The number of para-hydroxylation sites is 1. The molecule has 0 heterocycles. The molecule has 8 aromatic carbocycles. The van der Waals surface area contributed by atoms with Crippen LogP contribution in [0.1, 0.15) is 73.9 Å². The van der Waals surface area contributed by atoms with E-state index in [1.54, 1.807) is 0 Å². The molecule has 1 nitrogen and oxygen atoms in total. The summed E-state index contributed by atoms with van der Waals surface area (Å²) >= 11 is 0. The van der Waals surface area contributed by atoms with Gasteiger partial charge in [-0.25, -0.2) is 0 Å². The summed E-state index contributed by atoms with van der Waals surface area (Å²) in [5, 5.41) is 0. The zero-order valence-corrected chi connectivity index (χ0v) is 35.6. The van der Waals surface area contributed by atoms with Crippen LogP contribution in [0, 0.1) is 0 Å². The van der Waals surface area contributed by atoms with Crippen molar-refractivity contribution in [2.75, 3.05) is 4.90 Å². The summed E-state index contributed by atoms with van der Waals surface area (Å²) in [7, 11) is 0. The lowest BCUT2D eigenvalue weighted by Gasteiger charge is -2.35. The Morgan fingerprint density at radius 2 is 0.885 bits per heavy atom. The first-order valence-corrected chi connectivity index (χ1v) is 22.0. The van der Waals surface area contributed by atoms with Crippen LogP contribution in [-0.4, -0.2) is 0 Å². The lowest BCUT2D eigenvalue weighted by atomic mass is 9.66. The first kappa shape index (κ1) is 38.3. The number of benzene rings is 8. The standard InChI is InChI=1S/C58H45N.C2H6/c1-57(2)53-22-12-9-19-49(53)52-38-31-43(39-56(52)57)42-29-36-48(37-30-42)59(46-17-7-4-8-18-46)47-34-27-41(28-35-47)40-25-32-45(33-26-40)58(44-15-5-3-6-16-44)54-23-13-10-20-50(54)51-21-11-14-24-55(51)58;1-2/h3-10,12-20,22-39H,11,21H2,1-2H3;1-2H3. The van der Waals surface area contributed by atoms with Gasteiger partial charge in [0.1, 0.15) is 0 Å². The number of hydrogen-bond acceptors (Lipinski definition) is 1. The Kier molecular flexibility index (Phi) is 9.77. The first-order chi connectivity index (χ1) is 30.0. The van der Waals surface area contributed by atoms with Crippen molar-refractivity contribution < 1.29 is 0 Å². The maximum atomic E-state index is 2.40. The average Bonchev–Trinajstić information content (AvgIpc) is 3.76. The van der Waals surface area contributed by atoms with Gasteiger partial charge >= 0.3 is 0 Å². The molecule has 3 aliphatic rings. The Hall–Kier alpha value is -6.96. The summed E-state index contributed by atoms with van der Waals surface area (Å²) in [6, 6.07) is 74.2. The second kappa shape index (κ2) is 15.6. The molecular formula is C60H51N. The van der Waals surface area contributed by atoms with E-state index in [0.29, 0.717) is 0 Å². The van der Waals surface area contributed by atoms with Crippen molar-refractivity contribution in [2.45, 2.75) is 51.4 Å². The first-order valence-electron chi connectivity index (χ1n) is 22.0. The minimum atomic E-state index is -0.346. The molecule has 0 spiro atoms. The fourth-order valence-electron chi connectivity index (χ4n) is 10.4. The Labute approximate surface area is 362 Å². The Morgan fingerprint density at radius 3 is 1.54 bits per heavy atom. The molecule has 0 saturated carbocycles. The van der Waals surface area contributed by atoms with Gasteiger partial charge in [0.25, 0.3) is 0 Å². The van der Waals surface area contributed by atoms with E-state index in [1.165, 1.54) is 77.9 Å². The lowest BCUT2D eigenvalue weighted by molar-refractivity contribution is 0.660. The molecule has 1 heteroatoms. The van der Waals surface area contributed by atoms with Crippen LogP contribution in [-0.2, 0) is 10.8 Å². The molecule has 3 aliphatic carbocycles. The highest BCUT2D eigenvalue weighted by molar-refractivity contribution is 5.89. The van der Waals surface area contributed by atoms with Crippen molar-refractivity contribution in [2.24, 2.45) is 0 Å². The molecule has 0 aliphatic heterocycles. The monoisotopic (exact) mass is 785 g/mol. The predicted octanol–water partition coefficient (Wildman–Crippen LogP) is 16.3. The topological polar surface area (TPSA) is 3.24 Å². The zero-order valence-electron chi connectivity index (χ0n) is 35.6. The summed E-state index contributed by atoms with van der Waals surface area (Å²) < 4.78 is 0. The molecule has 0 radical (unpaired) electrons. The summed E-state index contributed by atoms with van der Waals surface area (Å²) in [6.45, 7) is 8.70. The Morgan fingerprint density at radius 1 is 0.410 bits per heavy atom. The number of rotatable bonds is 7. The summed E-state index contributed by atoms with van der Waals surface area (Å²) in [4.78, 5) is 2.35. The normalized spacial score (nSPS) is 16.5. The van der Waals surface area contributed by atoms with Gasteiger partial charge in [0.15, 0.2) is 0 Å². The van der Waals surface area contributed by atoms with Crippen LogP contribution in [0.15, 0.2) is 218 Å². The van der Waals surface area contributed by atoms with E-state index >= 15 is 0 Å². The highest BCUT2D eigenvalue weighted by Crippen LogP contribution is 2.57. The molecule has 0 saturated heterocycles. The van der Waals surface area contributed by atoms with E-state index in [2.05, 4.69) is 231 Å². The number of allylic oxidation sites excluding steroid dienone is 4. The predicted molar refractivity (Wildman–Crippen MR) is 259 cm³/mol. The zero-order chi connectivity index (χ0) is 41.6. The van der Waals surface area contributed by atoms with Gasteiger partial charge in [-0.15, -0.1) is 0 Å². The van der Waals surface area contributed by atoms with E-state index < -0.39 is 0 Å². The summed E-state index contributed by atoms with van der Waals surface area (Å²) in [6.07, 6.45) is 6.93. The SMILES string of the molecule is CC.CC1(C)c2ccccc2-c2ccc(-c3ccc(N(c4ccccc4)c4ccc(-c5ccc(C6(c7ccccc7)C7=C(CCC=C7)c7ccccc76)cc5)cc4)cc3)cc21.